The number of fused-ring (bicyclic) bond motifs is 1. The van der Waals surface area contributed by atoms with Crippen LogP contribution in [0.25, 0.3) is 0 Å². The van der Waals surface area contributed by atoms with Crippen LogP contribution in [0.3, 0.4) is 0 Å². The molecule has 10 heteroatoms. The molecule has 27 heavy (non-hydrogen) atoms. The van der Waals surface area contributed by atoms with E-state index in [0.717, 1.165) is 10.1 Å². The van der Waals surface area contributed by atoms with Crippen LogP contribution in [0.15, 0.2) is 18.2 Å². The van der Waals surface area contributed by atoms with Crippen molar-refractivity contribution < 1.29 is 22.4 Å². The van der Waals surface area contributed by atoms with E-state index in [1.807, 2.05) is 0 Å². The van der Waals surface area contributed by atoms with Crippen LogP contribution in [0.4, 0.5) is 17.6 Å². The number of aromatic nitrogens is 3. The Morgan fingerprint density at radius 1 is 1.30 bits per heavy atom. The molecule has 1 aliphatic rings. The number of alkyl halides is 3. The zero-order chi connectivity index (χ0) is 19.8. The molecule has 2 N–H and O–H groups in total. The van der Waals surface area contributed by atoms with E-state index in [4.69, 9.17) is 5.73 Å². The summed E-state index contributed by atoms with van der Waals surface area (Å²) in [5.41, 5.74) is 7.19. The highest BCUT2D eigenvalue weighted by molar-refractivity contribution is 5.76. The predicted molar refractivity (Wildman–Crippen MR) is 87.9 cm³/mol. The Morgan fingerprint density at radius 2 is 2.04 bits per heavy atom. The molecule has 146 valence electrons. The zero-order valence-electron chi connectivity index (χ0n) is 14.6. The van der Waals surface area contributed by atoms with Crippen LogP contribution in [-0.4, -0.2) is 38.2 Å². The van der Waals surface area contributed by atoms with Crippen molar-refractivity contribution in [3.05, 3.63) is 46.8 Å². The van der Waals surface area contributed by atoms with E-state index in [2.05, 4.69) is 10.2 Å². The molecule has 1 aliphatic heterocycles. The number of carbonyl (C=O) groups is 1. The van der Waals surface area contributed by atoms with Crippen LogP contribution in [0.2, 0.25) is 0 Å². The highest BCUT2D eigenvalue weighted by Crippen LogP contribution is 2.29. The molecule has 0 fully saturated rings. The van der Waals surface area contributed by atoms with Gasteiger partial charge in [-0.05, 0) is 30.5 Å². The molecule has 1 atom stereocenters. The quantitative estimate of drug-likeness (QED) is 0.818. The molecule has 0 aliphatic carbocycles. The maximum atomic E-state index is 13.9. The summed E-state index contributed by atoms with van der Waals surface area (Å²) < 4.78 is 53.4. The van der Waals surface area contributed by atoms with Gasteiger partial charge < -0.3 is 15.2 Å². The lowest BCUT2D eigenvalue weighted by Gasteiger charge is -2.29. The summed E-state index contributed by atoms with van der Waals surface area (Å²) >= 11 is 0. The predicted octanol–water partition coefficient (Wildman–Crippen LogP) is 2.05. The average molecular weight is 385 g/mol. The minimum Gasteiger partial charge on any atom is -0.333 e. The third-order valence-corrected chi connectivity index (χ3v) is 4.49. The Balaban J connectivity index is 1.61. The maximum absolute atomic E-state index is 13.9. The van der Waals surface area contributed by atoms with E-state index in [-0.39, 0.29) is 50.0 Å². The van der Waals surface area contributed by atoms with Crippen molar-refractivity contribution in [3.63, 3.8) is 0 Å². The topological polar surface area (TPSA) is 77.0 Å². The number of rotatable bonds is 4. The largest absolute Gasteiger partial charge is 0.451 e. The van der Waals surface area contributed by atoms with Gasteiger partial charge in [0.05, 0.1) is 6.54 Å². The third kappa shape index (κ3) is 4.26. The molecule has 0 saturated carbocycles. The lowest BCUT2D eigenvalue weighted by atomic mass is 10.0. The van der Waals surface area contributed by atoms with Gasteiger partial charge in [-0.1, -0.05) is 12.1 Å². The normalized spacial score (nSPS) is 15.6. The van der Waals surface area contributed by atoms with Crippen molar-refractivity contribution in [2.24, 2.45) is 5.73 Å². The van der Waals surface area contributed by atoms with Crippen LogP contribution in [-0.2, 0) is 30.5 Å². The van der Waals surface area contributed by atoms with E-state index < -0.39 is 18.0 Å². The van der Waals surface area contributed by atoms with Crippen LogP contribution in [0, 0.1) is 12.7 Å². The fourth-order valence-electron chi connectivity index (χ4n) is 3.11. The van der Waals surface area contributed by atoms with Gasteiger partial charge in [-0.25, -0.2) is 4.39 Å². The smallest absolute Gasteiger partial charge is 0.333 e. The summed E-state index contributed by atoms with van der Waals surface area (Å²) in [6, 6.07) is 4.21. The number of amides is 1. The van der Waals surface area contributed by atoms with Gasteiger partial charge in [-0.2, -0.15) is 13.2 Å². The Hall–Kier alpha value is -2.49. The lowest BCUT2D eigenvalue weighted by Crippen LogP contribution is -2.42. The molecular weight excluding hydrogens is 366 g/mol. The Bertz CT molecular complexity index is 848. The van der Waals surface area contributed by atoms with Gasteiger partial charge in [0.15, 0.2) is 5.82 Å². The van der Waals surface area contributed by atoms with Gasteiger partial charge in [-0.3, -0.25) is 4.79 Å². The van der Waals surface area contributed by atoms with Crippen molar-refractivity contribution in [3.8, 4) is 0 Å². The average Bonchev–Trinajstić information content (AvgIpc) is 3.00. The van der Waals surface area contributed by atoms with Crippen molar-refractivity contribution in [1.82, 2.24) is 19.7 Å². The summed E-state index contributed by atoms with van der Waals surface area (Å²) in [5, 5.41) is 6.72. The van der Waals surface area contributed by atoms with Crippen LogP contribution in [0.5, 0.6) is 0 Å². The number of nitrogens with zero attached hydrogens (tertiary/aromatic N) is 4. The minimum absolute atomic E-state index is 0.0341. The number of carbonyl (C=O) groups excluding carboxylic acids is 1. The van der Waals surface area contributed by atoms with Gasteiger partial charge in [0, 0.05) is 25.6 Å². The second kappa shape index (κ2) is 7.26. The summed E-state index contributed by atoms with van der Waals surface area (Å²) in [5.74, 6) is -1.65. The molecule has 0 bridgehead atoms. The maximum Gasteiger partial charge on any atom is 0.451 e. The van der Waals surface area contributed by atoms with Crippen LogP contribution in [0.1, 0.15) is 29.2 Å². The van der Waals surface area contributed by atoms with Gasteiger partial charge in [0.1, 0.15) is 5.82 Å². The van der Waals surface area contributed by atoms with E-state index in [0.29, 0.717) is 5.56 Å². The molecule has 0 radical (unpaired) electrons. The summed E-state index contributed by atoms with van der Waals surface area (Å²) in [6.07, 6.45) is -4.43. The lowest BCUT2D eigenvalue weighted by molar-refractivity contribution is -0.148. The molecule has 1 aromatic heterocycles. The number of aryl methyl sites for hydroxylation is 1. The second-order valence-corrected chi connectivity index (χ2v) is 6.67. The van der Waals surface area contributed by atoms with Crippen LogP contribution >= 0.6 is 0 Å². The molecular formula is C17H19F4N5O. The first-order valence-electron chi connectivity index (χ1n) is 8.43. The number of nitrogens with two attached hydrogens (primary N) is 1. The van der Waals surface area contributed by atoms with E-state index in [1.165, 1.54) is 11.0 Å². The van der Waals surface area contributed by atoms with Crippen molar-refractivity contribution >= 4 is 5.91 Å². The highest BCUT2D eigenvalue weighted by Gasteiger charge is 2.39. The van der Waals surface area contributed by atoms with Gasteiger partial charge >= 0.3 is 6.18 Å². The molecule has 2 aromatic rings. The summed E-state index contributed by atoms with van der Waals surface area (Å²) in [6.45, 7) is 1.78. The van der Waals surface area contributed by atoms with Gasteiger partial charge in [0.2, 0.25) is 11.7 Å². The number of halogens is 4. The first kappa shape index (κ1) is 19.3. The number of hydrogen-bond donors (Lipinski definition) is 1. The summed E-state index contributed by atoms with van der Waals surface area (Å²) in [4.78, 5) is 13.8. The number of benzene rings is 1. The Morgan fingerprint density at radius 3 is 2.70 bits per heavy atom. The number of hydrogen-bond acceptors (Lipinski definition) is 4. The monoisotopic (exact) mass is 385 g/mol. The molecule has 3 rings (SSSR count). The Kier molecular flexibility index (Phi) is 5.18. The fourth-order valence-corrected chi connectivity index (χ4v) is 3.11. The zero-order valence-corrected chi connectivity index (χ0v) is 14.6. The molecule has 0 saturated heterocycles. The minimum atomic E-state index is -4.59. The SMILES string of the molecule is Cc1ccc(CC(N)CC(=O)N2CCn3c(nnc3C(F)(F)F)C2)c(F)c1. The first-order valence-corrected chi connectivity index (χ1v) is 8.43. The third-order valence-electron chi connectivity index (χ3n) is 4.49. The summed E-state index contributed by atoms with van der Waals surface area (Å²) in [7, 11) is 0. The molecule has 1 aromatic carbocycles. The van der Waals surface area contributed by atoms with Crippen LogP contribution < -0.4 is 5.73 Å². The second-order valence-electron chi connectivity index (χ2n) is 6.67. The van der Waals surface area contributed by atoms with Crippen molar-refractivity contribution in [1.29, 1.82) is 0 Å². The fraction of sp³-hybridized carbons (Fsp3) is 0.471. The Labute approximate surface area is 153 Å². The van der Waals surface area contributed by atoms with E-state index in [1.54, 1.807) is 19.1 Å². The molecule has 1 unspecified atom stereocenters. The van der Waals surface area contributed by atoms with Gasteiger partial charge in [-0.15, -0.1) is 10.2 Å². The molecule has 0 spiro atoms. The van der Waals surface area contributed by atoms with E-state index in [9.17, 15) is 22.4 Å². The van der Waals surface area contributed by atoms with Crippen molar-refractivity contribution in [2.75, 3.05) is 6.54 Å². The first-order chi connectivity index (χ1) is 12.6. The highest BCUT2D eigenvalue weighted by atomic mass is 19.4. The molecule has 6 nitrogen and oxygen atoms in total. The van der Waals surface area contributed by atoms with Crippen molar-refractivity contribution in [2.45, 2.75) is 45.1 Å². The molecule has 1 amide bonds. The van der Waals surface area contributed by atoms with E-state index >= 15 is 0 Å². The standard InChI is InChI=1S/C17H19F4N5O/c1-10-2-3-11(13(18)6-10)7-12(22)8-15(27)25-4-5-26-14(9-25)23-24-16(26)17(19,20)21/h2-3,6,12H,4-5,7-9,22H2,1H3. The van der Waals surface area contributed by atoms with Gasteiger partial charge in [0.25, 0.3) is 0 Å². The molecule has 2 heterocycles.